The van der Waals surface area contributed by atoms with Gasteiger partial charge < -0.3 is 0 Å². The largest absolute Gasteiger partial charge is 0.417 e. The summed E-state index contributed by atoms with van der Waals surface area (Å²) in [6.45, 7) is 0. The maximum Gasteiger partial charge on any atom is 0.417 e. The molecule has 0 saturated heterocycles. The number of alkyl halides is 3. The molecular weight excluding hydrogens is 235 g/mol. The molecular formula is C11H6F3NO2. The molecule has 2 aromatic rings. The molecule has 3 nitrogen and oxygen atoms in total. The predicted molar refractivity (Wildman–Crippen MR) is 55.6 cm³/mol. The van der Waals surface area contributed by atoms with Gasteiger partial charge in [-0.1, -0.05) is 24.3 Å². The van der Waals surface area contributed by atoms with Crippen LogP contribution in [0.3, 0.4) is 0 Å². The summed E-state index contributed by atoms with van der Waals surface area (Å²) in [6, 6.07) is 7.33. The zero-order valence-electron chi connectivity index (χ0n) is 8.36. The summed E-state index contributed by atoms with van der Waals surface area (Å²) in [6.07, 6.45) is -4.61. The molecule has 2 rings (SSSR count). The third-order valence-corrected chi connectivity index (χ3v) is 2.38. The number of rotatable bonds is 1. The van der Waals surface area contributed by atoms with Gasteiger partial charge >= 0.3 is 6.18 Å². The highest BCUT2D eigenvalue weighted by Crippen LogP contribution is 2.38. The lowest BCUT2D eigenvalue weighted by Gasteiger charge is -2.10. The number of nitro benzene ring substituents is 1. The van der Waals surface area contributed by atoms with Crippen molar-refractivity contribution in [2.75, 3.05) is 0 Å². The molecule has 88 valence electrons. The number of non-ortho nitro benzene ring substituents is 1. The summed E-state index contributed by atoms with van der Waals surface area (Å²) in [5, 5.41) is 10.6. The fraction of sp³-hybridized carbons (Fsp3) is 0.0909. The molecule has 0 aliphatic rings. The van der Waals surface area contributed by atoms with E-state index >= 15 is 0 Å². The fourth-order valence-corrected chi connectivity index (χ4v) is 1.71. The normalized spacial score (nSPS) is 11.7. The van der Waals surface area contributed by atoms with Crippen molar-refractivity contribution in [1.29, 1.82) is 0 Å². The molecule has 0 unspecified atom stereocenters. The van der Waals surface area contributed by atoms with Crippen LogP contribution in [0, 0.1) is 10.1 Å². The molecule has 0 aliphatic heterocycles. The van der Waals surface area contributed by atoms with Crippen molar-refractivity contribution in [1.82, 2.24) is 0 Å². The van der Waals surface area contributed by atoms with E-state index in [-0.39, 0.29) is 10.8 Å². The van der Waals surface area contributed by atoms with Gasteiger partial charge in [0.1, 0.15) is 0 Å². The molecule has 0 atom stereocenters. The number of fused-ring (bicyclic) bond motifs is 1. The number of nitrogens with zero attached hydrogens (tertiary/aromatic N) is 1. The van der Waals surface area contributed by atoms with Gasteiger partial charge in [-0.2, -0.15) is 13.2 Å². The van der Waals surface area contributed by atoms with E-state index in [1.165, 1.54) is 24.3 Å². The van der Waals surface area contributed by atoms with E-state index in [1.807, 2.05) is 0 Å². The smallest absolute Gasteiger partial charge is 0.258 e. The van der Waals surface area contributed by atoms with Crippen LogP contribution in [0.2, 0.25) is 0 Å². The van der Waals surface area contributed by atoms with Crippen molar-refractivity contribution in [2.45, 2.75) is 6.18 Å². The Labute approximate surface area is 93.6 Å². The predicted octanol–water partition coefficient (Wildman–Crippen LogP) is 3.77. The summed E-state index contributed by atoms with van der Waals surface area (Å²) in [7, 11) is 0. The van der Waals surface area contributed by atoms with E-state index in [9.17, 15) is 23.3 Å². The maximum atomic E-state index is 12.7. The third kappa shape index (κ3) is 1.93. The van der Waals surface area contributed by atoms with Crippen LogP contribution in [0.25, 0.3) is 10.8 Å². The zero-order valence-corrected chi connectivity index (χ0v) is 8.36. The van der Waals surface area contributed by atoms with Crippen molar-refractivity contribution < 1.29 is 18.1 Å². The molecule has 0 radical (unpaired) electrons. The first-order valence-electron chi connectivity index (χ1n) is 4.64. The Kier molecular flexibility index (Phi) is 2.49. The minimum absolute atomic E-state index is 0.203. The minimum atomic E-state index is -4.61. The van der Waals surface area contributed by atoms with Gasteiger partial charge in [-0.25, -0.2) is 0 Å². The molecule has 0 aromatic heterocycles. The van der Waals surface area contributed by atoms with Crippen LogP contribution in [-0.2, 0) is 6.18 Å². The molecule has 0 fully saturated rings. The first-order chi connectivity index (χ1) is 7.91. The van der Waals surface area contributed by atoms with E-state index < -0.39 is 22.4 Å². The van der Waals surface area contributed by atoms with Crippen molar-refractivity contribution >= 4 is 16.5 Å². The minimum Gasteiger partial charge on any atom is -0.258 e. The summed E-state index contributed by atoms with van der Waals surface area (Å²) < 4.78 is 38.2. The number of nitro groups is 1. The van der Waals surface area contributed by atoms with Crippen molar-refractivity contribution in [2.24, 2.45) is 0 Å². The van der Waals surface area contributed by atoms with Gasteiger partial charge in [0.25, 0.3) is 5.69 Å². The average Bonchev–Trinajstić information content (AvgIpc) is 2.26. The monoisotopic (exact) mass is 241 g/mol. The second kappa shape index (κ2) is 3.73. The highest BCUT2D eigenvalue weighted by atomic mass is 19.4. The third-order valence-electron chi connectivity index (χ3n) is 2.38. The van der Waals surface area contributed by atoms with E-state index in [2.05, 4.69) is 0 Å². The summed E-state index contributed by atoms with van der Waals surface area (Å²) in [5.41, 5.74) is -1.52. The first-order valence-corrected chi connectivity index (χ1v) is 4.64. The lowest BCUT2D eigenvalue weighted by atomic mass is 10.0. The van der Waals surface area contributed by atoms with Crippen LogP contribution in [0.4, 0.5) is 18.9 Å². The van der Waals surface area contributed by atoms with E-state index in [0.717, 1.165) is 12.1 Å². The highest BCUT2D eigenvalue weighted by molar-refractivity contribution is 5.94. The van der Waals surface area contributed by atoms with Crippen molar-refractivity contribution in [3.8, 4) is 0 Å². The van der Waals surface area contributed by atoms with Gasteiger partial charge in [0.2, 0.25) is 0 Å². The van der Waals surface area contributed by atoms with Gasteiger partial charge in [0, 0.05) is 6.07 Å². The van der Waals surface area contributed by atoms with E-state index in [1.54, 1.807) is 0 Å². The molecule has 17 heavy (non-hydrogen) atoms. The summed E-state index contributed by atoms with van der Waals surface area (Å²) in [4.78, 5) is 9.92. The van der Waals surface area contributed by atoms with Crippen LogP contribution < -0.4 is 0 Å². The van der Waals surface area contributed by atoms with E-state index in [4.69, 9.17) is 0 Å². The van der Waals surface area contributed by atoms with Gasteiger partial charge in [-0.3, -0.25) is 10.1 Å². The molecule has 6 heteroatoms. The number of hydrogen-bond acceptors (Lipinski definition) is 2. The Morgan fingerprint density at radius 3 is 2.18 bits per heavy atom. The van der Waals surface area contributed by atoms with Gasteiger partial charge in [0.05, 0.1) is 15.9 Å². The highest BCUT2D eigenvalue weighted by Gasteiger charge is 2.34. The second-order valence-electron chi connectivity index (χ2n) is 3.44. The Hall–Kier alpha value is -2.11. The maximum absolute atomic E-state index is 12.7. The first kappa shape index (κ1) is 11.4. The molecule has 0 bridgehead atoms. The molecule has 2 aromatic carbocycles. The Balaban J connectivity index is 2.90. The standard InChI is InChI=1S/C11H6F3NO2/c12-11(13,14)8-5-1-3-7-4-2-6-9(10(7)8)15(16)17/h1-6H. The molecule has 0 amide bonds. The van der Waals surface area contributed by atoms with Crippen molar-refractivity contribution in [3.63, 3.8) is 0 Å². The van der Waals surface area contributed by atoms with E-state index in [0.29, 0.717) is 0 Å². The second-order valence-corrected chi connectivity index (χ2v) is 3.44. The lowest BCUT2D eigenvalue weighted by Crippen LogP contribution is -2.06. The average molecular weight is 241 g/mol. The molecule has 0 N–H and O–H groups in total. The van der Waals surface area contributed by atoms with Gasteiger partial charge in [-0.05, 0) is 11.5 Å². The fourth-order valence-electron chi connectivity index (χ4n) is 1.71. The Morgan fingerprint density at radius 2 is 1.65 bits per heavy atom. The Morgan fingerprint density at radius 1 is 1.06 bits per heavy atom. The molecule has 0 aliphatic carbocycles. The van der Waals surface area contributed by atoms with Crippen LogP contribution in [-0.4, -0.2) is 4.92 Å². The quantitative estimate of drug-likeness (QED) is 0.563. The van der Waals surface area contributed by atoms with Crippen LogP contribution in [0.15, 0.2) is 36.4 Å². The van der Waals surface area contributed by atoms with Gasteiger partial charge in [-0.15, -0.1) is 0 Å². The number of halogens is 3. The molecule has 0 spiro atoms. The summed E-state index contributed by atoms with van der Waals surface area (Å²) >= 11 is 0. The lowest BCUT2D eigenvalue weighted by molar-refractivity contribution is -0.383. The number of benzene rings is 2. The molecule has 0 heterocycles. The SMILES string of the molecule is O=[N+]([O-])c1cccc2cccc(C(F)(F)F)c12. The zero-order chi connectivity index (χ0) is 12.6. The van der Waals surface area contributed by atoms with Gasteiger partial charge in [0.15, 0.2) is 0 Å². The summed E-state index contributed by atoms with van der Waals surface area (Å²) in [5.74, 6) is 0. The van der Waals surface area contributed by atoms with Crippen LogP contribution in [0.5, 0.6) is 0 Å². The number of hydrogen-bond donors (Lipinski definition) is 0. The van der Waals surface area contributed by atoms with Crippen LogP contribution >= 0.6 is 0 Å². The van der Waals surface area contributed by atoms with Crippen LogP contribution in [0.1, 0.15) is 5.56 Å². The topological polar surface area (TPSA) is 43.1 Å². The molecule has 0 saturated carbocycles. The van der Waals surface area contributed by atoms with Crippen molar-refractivity contribution in [3.05, 3.63) is 52.1 Å². The Bertz CT molecular complexity index is 588.